The molecule has 2 N–H and O–H groups in total. The molecule has 3 heteroatoms. The van der Waals surface area contributed by atoms with Gasteiger partial charge in [-0.05, 0) is 44.9 Å². The normalized spacial score (nSPS) is 29.1. The summed E-state index contributed by atoms with van der Waals surface area (Å²) in [6, 6.07) is 0. The minimum absolute atomic E-state index is 0.252. The number of rotatable bonds is 5. The molecule has 0 aromatic carbocycles. The zero-order chi connectivity index (χ0) is 12.9. The van der Waals surface area contributed by atoms with Gasteiger partial charge in [0.15, 0.2) is 0 Å². The lowest BCUT2D eigenvalue weighted by molar-refractivity contribution is -0.144. The molecule has 0 spiro atoms. The fourth-order valence-corrected chi connectivity index (χ4v) is 2.83. The summed E-state index contributed by atoms with van der Waals surface area (Å²) in [7, 11) is 0. The minimum atomic E-state index is -0.252. The number of nitrogens with zero attached hydrogens (tertiary/aromatic N) is 1. The highest BCUT2D eigenvalue weighted by molar-refractivity contribution is 5.83. The minimum Gasteiger partial charge on any atom is -0.342 e. The van der Waals surface area contributed by atoms with E-state index in [0.29, 0.717) is 12.5 Å². The van der Waals surface area contributed by atoms with Gasteiger partial charge in [-0.15, -0.1) is 0 Å². The van der Waals surface area contributed by atoms with Crippen LogP contribution >= 0.6 is 0 Å². The summed E-state index contributed by atoms with van der Waals surface area (Å²) in [5.41, 5.74) is 5.67. The molecule has 0 heterocycles. The van der Waals surface area contributed by atoms with Gasteiger partial charge in [0, 0.05) is 19.6 Å². The topological polar surface area (TPSA) is 46.3 Å². The van der Waals surface area contributed by atoms with Crippen LogP contribution in [0, 0.1) is 11.3 Å². The second-order valence-electron chi connectivity index (χ2n) is 5.55. The van der Waals surface area contributed by atoms with Crippen molar-refractivity contribution in [2.24, 2.45) is 17.1 Å². The van der Waals surface area contributed by atoms with Crippen LogP contribution in [0.5, 0.6) is 0 Å². The van der Waals surface area contributed by atoms with Gasteiger partial charge in [0.2, 0.25) is 5.91 Å². The van der Waals surface area contributed by atoms with E-state index < -0.39 is 0 Å². The van der Waals surface area contributed by atoms with Crippen LogP contribution < -0.4 is 5.73 Å². The number of nitrogens with two attached hydrogens (primary N) is 1. The van der Waals surface area contributed by atoms with Crippen LogP contribution in [-0.2, 0) is 4.79 Å². The molecule has 0 radical (unpaired) electrons. The molecule has 0 aromatic heterocycles. The van der Waals surface area contributed by atoms with Gasteiger partial charge >= 0.3 is 0 Å². The monoisotopic (exact) mass is 240 g/mol. The summed E-state index contributed by atoms with van der Waals surface area (Å²) in [5.74, 6) is 1.06. The average molecular weight is 240 g/mol. The Kier molecular flexibility index (Phi) is 5.44. The first-order valence-electron chi connectivity index (χ1n) is 7.09. The standard InChI is InChI=1S/C14H28N2O/c1-4-10-16(5-2)13(17)14(11-15)8-6-12(3)7-9-14/h12H,4-11,15H2,1-3H3. The third-order valence-corrected chi connectivity index (χ3v) is 4.24. The van der Waals surface area contributed by atoms with Gasteiger partial charge in [-0.1, -0.05) is 13.8 Å². The molecule has 1 aliphatic carbocycles. The van der Waals surface area contributed by atoms with Crippen molar-refractivity contribution in [2.75, 3.05) is 19.6 Å². The third kappa shape index (κ3) is 3.21. The van der Waals surface area contributed by atoms with Gasteiger partial charge < -0.3 is 10.6 Å². The second-order valence-corrected chi connectivity index (χ2v) is 5.55. The Balaban J connectivity index is 2.74. The van der Waals surface area contributed by atoms with E-state index in [1.165, 1.54) is 0 Å². The molecular weight excluding hydrogens is 212 g/mol. The van der Waals surface area contributed by atoms with Crippen LogP contribution in [0.15, 0.2) is 0 Å². The molecular formula is C14H28N2O. The highest BCUT2D eigenvalue weighted by Gasteiger charge is 2.41. The Morgan fingerprint density at radius 1 is 1.35 bits per heavy atom. The Bertz CT molecular complexity index is 245. The molecule has 0 saturated heterocycles. The van der Waals surface area contributed by atoms with E-state index in [4.69, 9.17) is 5.73 Å². The van der Waals surface area contributed by atoms with Crippen LogP contribution in [0.25, 0.3) is 0 Å². The predicted octanol–water partition coefficient (Wildman–Crippen LogP) is 2.40. The summed E-state index contributed by atoms with van der Waals surface area (Å²) in [6.45, 7) is 8.64. The first-order valence-corrected chi connectivity index (χ1v) is 7.09. The van der Waals surface area contributed by atoms with Crippen molar-refractivity contribution >= 4 is 5.91 Å². The third-order valence-electron chi connectivity index (χ3n) is 4.24. The van der Waals surface area contributed by atoms with Gasteiger partial charge in [0.05, 0.1) is 5.41 Å². The summed E-state index contributed by atoms with van der Waals surface area (Å²) in [4.78, 5) is 14.6. The molecule has 1 saturated carbocycles. The molecule has 0 atom stereocenters. The van der Waals surface area contributed by atoms with Gasteiger partial charge in [-0.25, -0.2) is 0 Å². The summed E-state index contributed by atoms with van der Waals surface area (Å²) < 4.78 is 0. The van der Waals surface area contributed by atoms with E-state index in [2.05, 4.69) is 20.8 Å². The number of amides is 1. The molecule has 1 amide bonds. The van der Waals surface area contributed by atoms with E-state index >= 15 is 0 Å². The molecule has 3 nitrogen and oxygen atoms in total. The van der Waals surface area contributed by atoms with Crippen molar-refractivity contribution in [1.82, 2.24) is 4.90 Å². The van der Waals surface area contributed by atoms with Gasteiger partial charge in [0.1, 0.15) is 0 Å². The maximum atomic E-state index is 12.6. The maximum Gasteiger partial charge on any atom is 0.230 e. The SMILES string of the molecule is CCCN(CC)C(=O)C1(CN)CCC(C)CC1. The highest BCUT2D eigenvalue weighted by Crippen LogP contribution is 2.39. The fourth-order valence-electron chi connectivity index (χ4n) is 2.83. The zero-order valence-electron chi connectivity index (χ0n) is 11.7. The first kappa shape index (κ1) is 14.5. The first-order chi connectivity index (χ1) is 8.09. The Morgan fingerprint density at radius 3 is 2.35 bits per heavy atom. The van der Waals surface area contributed by atoms with E-state index in [0.717, 1.165) is 51.1 Å². The van der Waals surface area contributed by atoms with E-state index in [-0.39, 0.29) is 5.41 Å². The number of carbonyl (C=O) groups excluding carboxylic acids is 1. The maximum absolute atomic E-state index is 12.6. The molecule has 1 aliphatic rings. The molecule has 17 heavy (non-hydrogen) atoms. The van der Waals surface area contributed by atoms with Crippen LogP contribution in [0.1, 0.15) is 52.9 Å². The van der Waals surface area contributed by atoms with E-state index in [1.807, 2.05) is 4.90 Å². The Hall–Kier alpha value is -0.570. The van der Waals surface area contributed by atoms with Crippen LogP contribution in [0.3, 0.4) is 0 Å². The molecule has 1 rings (SSSR count). The van der Waals surface area contributed by atoms with Crippen molar-refractivity contribution in [3.63, 3.8) is 0 Å². The van der Waals surface area contributed by atoms with Crippen LogP contribution in [-0.4, -0.2) is 30.4 Å². The van der Waals surface area contributed by atoms with Crippen molar-refractivity contribution in [1.29, 1.82) is 0 Å². The second kappa shape index (κ2) is 6.39. The Labute approximate surface area is 106 Å². The number of hydrogen-bond donors (Lipinski definition) is 1. The van der Waals surface area contributed by atoms with Gasteiger partial charge in [-0.3, -0.25) is 4.79 Å². The average Bonchev–Trinajstić information content (AvgIpc) is 2.36. The molecule has 0 aliphatic heterocycles. The lowest BCUT2D eigenvalue weighted by Gasteiger charge is -2.40. The van der Waals surface area contributed by atoms with Crippen molar-refractivity contribution in [3.8, 4) is 0 Å². The van der Waals surface area contributed by atoms with E-state index in [9.17, 15) is 4.79 Å². The van der Waals surface area contributed by atoms with Gasteiger partial charge in [-0.2, -0.15) is 0 Å². The van der Waals surface area contributed by atoms with Crippen LogP contribution in [0.2, 0.25) is 0 Å². The molecule has 1 fully saturated rings. The number of carbonyl (C=O) groups is 1. The van der Waals surface area contributed by atoms with Crippen molar-refractivity contribution < 1.29 is 4.79 Å². The smallest absolute Gasteiger partial charge is 0.230 e. The number of hydrogen-bond acceptors (Lipinski definition) is 2. The highest BCUT2D eigenvalue weighted by atomic mass is 16.2. The van der Waals surface area contributed by atoms with E-state index in [1.54, 1.807) is 0 Å². The molecule has 100 valence electrons. The lowest BCUT2D eigenvalue weighted by atomic mass is 9.70. The van der Waals surface area contributed by atoms with Crippen molar-refractivity contribution in [3.05, 3.63) is 0 Å². The molecule has 0 unspecified atom stereocenters. The fraction of sp³-hybridized carbons (Fsp3) is 0.929. The van der Waals surface area contributed by atoms with Crippen molar-refractivity contribution in [2.45, 2.75) is 52.9 Å². The largest absolute Gasteiger partial charge is 0.342 e. The van der Waals surface area contributed by atoms with Gasteiger partial charge in [0.25, 0.3) is 0 Å². The quantitative estimate of drug-likeness (QED) is 0.802. The molecule has 0 bridgehead atoms. The summed E-state index contributed by atoms with van der Waals surface area (Å²) in [6.07, 6.45) is 5.27. The van der Waals surface area contributed by atoms with Crippen LogP contribution in [0.4, 0.5) is 0 Å². The Morgan fingerprint density at radius 2 is 1.94 bits per heavy atom. The predicted molar refractivity (Wildman–Crippen MR) is 71.7 cm³/mol. The molecule has 0 aromatic rings. The summed E-state index contributed by atoms with van der Waals surface area (Å²) in [5, 5.41) is 0. The lowest BCUT2D eigenvalue weighted by Crippen LogP contribution is -2.50. The summed E-state index contributed by atoms with van der Waals surface area (Å²) >= 11 is 0. The zero-order valence-corrected chi connectivity index (χ0v) is 11.7.